The van der Waals surface area contributed by atoms with Crippen LogP contribution in [0, 0.1) is 0 Å². The topological polar surface area (TPSA) is 26.8 Å². The Balaban J connectivity index is 1.74. The van der Waals surface area contributed by atoms with Crippen LogP contribution in [-0.2, 0) is 11.2 Å². The van der Waals surface area contributed by atoms with Gasteiger partial charge in [-0.15, -0.1) is 0 Å². The number of aryl methyl sites for hydroxylation is 1. The number of carbonyl (C=O) groups is 1. The molecule has 24 heavy (non-hydrogen) atoms. The van der Waals surface area contributed by atoms with Gasteiger partial charge < -0.3 is 9.80 Å². The van der Waals surface area contributed by atoms with Crippen LogP contribution in [-0.4, -0.2) is 73.0 Å². The first-order chi connectivity index (χ1) is 11.5. The number of likely N-dealkylation sites (tertiary alicyclic amines) is 1. The number of thioether (sulfide) groups is 1. The number of amides is 1. The molecule has 2 aliphatic heterocycles. The molecule has 3 rings (SSSR count). The molecule has 0 N–H and O–H groups in total. The second kappa shape index (κ2) is 7.46. The van der Waals surface area contributed by atoms with E-state index in [-0.39, 0.29) is 11.9 Å². The highest BCUT2D eigenvalue weighted by Crippen LogP contribution is 2.30. The summed E-state index contributed by atoms with van der Waals surface area (Å²) in [7, 11) is 4.29. The highest BCUT2D eigenvalue weighted by Gasteiger charge is 2.39. The number of hydrogen-bond acceptors (Lipinski definition) is 4. The van der Waals surface area contributed by atoms with E-state index in [1.54, 1.807) is 0 Å². The fourth-order valence-electron chi connectivity index (χ4n) is 3.97. The van der Waals surface area contributed by atoms with Crippen molar-refractivity contribution in [2.24, 2.45) is 0 Å². The fraction of sp³-hybridized carbons (Fsp3) is 0.632. The molecule has 2 heterocycles. The SMILES string of the molecule is CSC1CN(C(C)C(=O)N2CCCc3ccccc32)CC1N(C)C. The maximum absolute atomic E-state index is 13.2. The van der Waals surface area contributed by atoms with Gasteiger partial charge in [-0.1, -0.05) is 18.2 Å². The van der Waals surface area contributed by atoms with Crippen molar-refractivity contribution in [2.75, 3.05) is 44.9 Å². The van der Waals surface area contributed by atoms with Crippen molar-refractivity contribution in [3.8, 4) is 0 Å². The van der Waals surface area contributed by atoms with Crippen LogP contribution in [0.15, 0.2) is 24.3 Å². The van der Waals surface area contributed by atoms with E-state index in [1.165, 1.54) is 5.56 Å². The Morgan fingerprint density at radius 1 is 1.29 bits per heavy atom. The lowest BCUT2D eigenvalue weighted by atomic mass is 10.0. The van der Waals surface area contributed by atoms with E-state index in [9.17, 15) is 4.79 Å². The Kier molecular flexibility index (Phi) is 5.52. The zero-order chi connectivity index (χ0) is 17.3. The first-order valence-corrected chi connectivity index (χ1v) is 10.1. The minimum absolute atomic E-state index is 0.0595. The number of hydrogen-bond donors (Lipinski definition) is 0. The van der Waals surface area contributed by atoms with Crippen LogP contribution in [0.25, 0.3) is 0 Å². The van der Waals surface area contributed by atoms with Gasteiger partial charge in [0.05, 0.1) is 6.04 Å². The zero-order valence-electron chi connectivity index (χ0n) is 15.2. The van der Waals surface area contributed by atoms with Gasteiger partial charge in [0.2, 0.25) is 5.91 Å². The standard InChI is InChI=1S/C19H29N3OS/c1-14(21-12-17(20(2)3)18(13-21)24-4)19(23)22-11-7-9-15-8-5-6-10-16(15)22/h5-6,8,10,14,17-18H,7,9,11-13H2,1-4H3. The van der Waals surface area contributed by atoms with E-state index in [4.69, 9.17) is 0 Å². The third-order valence-corrected chi connectivity index (χ3v) is 6.58. The van der Waals surface area contributed by atoms with Gasteiger partial charge in [0, 0.05) is 36.6 Å². The lowest BCUT2D eigenvalue weighted by Crippen LogP contribution is -2.48. The van der Waals surface area contributed by atoms with Crippen LogP contribution in [0.5, 0.6) is 0 Å². The number of benzene rings is 1. The quantitative estimate of drug-likeness (QED) is 0.835. The van der Waals surface area contributed by atoms with Gasteiger partial charge >= 0.3 is 0 Å². The number of likely N-dealkylation sites (N-methyl/N-ethyl adjacent to an activating group) is 1. The van der Waals surface area contributed by atoms with E-state index in [0.717, 1.165) is 38.2 Å². The Morgan fingerprint density at radius 3 is 2.71 bits per heavy atom. The number of para-hydroxylation sites is 1. The summed E-state index contributed by atoms with van der Waals surface area (Å²) in [5, 5.41) is 0.573. The van der Waals surface area contributed by atoms with E-state index in [2.05, 4.69) is 55.3 Å². The van der Waals surface area contributed by atoms with Gasteiger partial charge in [0.25, 0.3) is 0 Å². The molecule has 2 aliphatic rings. The van der Waals surface area contributed by atoms with Crippen LogP contribution in [0.3, 0.4) is 0 Å². The summed E-state index contributed by atoms with van der Waals surface area (Å²) in [5.41, 5.74) is 2.42. The molecule has 132 valence electrons. The van der Waals surface area contributed by atoms with Gasteiger partial charge in [0.15, 0.2) is 0 Å². The third-order valence-electron chi connectivity index (χ3n) is 5.51. The Labute approximate surface area is 150 Å². The molecule has 0 aromatic heterocycles. The van der Waals surface area contributed by atoms with Crippen molar-refractivity contribution in [2.45, 2.75) is 37.1 Å². The predicted molar refractivity (Wildman–Crippen MR) is 103 cm³/mol. The predicted octanol–water partition coefficient (Wildman–Crippen LogP) is 2.33. The molecular formula is C19H29N3OS. The molecule has 4 nitrogen and oxygen atoms in total. The Bertz CT molecular complexity index is 592. The number of nitrogens with zero attached hydrogens (tertiary/aromatic N) is 3. The van der Waals surface area contributed by atoms with E-state index in [1.807, 2.05) is 22.7 Å². The molecule has 3 atom stereocenters. The summed E-state index contributed by atoms with van der Waals surface area (Å²) in [6, 6.07) is 8.81. The molecule has 1 amide bonds. The molecule has 0 bridgehead atoms. The van der Waals surface area contributed by atoms with Crippen molar-refractivity contribution in [1.29, 1.82) is 0 Å². The van der Waals surface area contributed by atoms with Crippen molar-refractivity contribution in [1.82, 2.24) is 9.80 Å². The first-order valence-electron chi connectivity index (χ1n) is 8.85. The van der Waals surface area contributed by atoms with Gasteiger partial charge in [-0.3, -0.25) is 9.69 Å². The van der Waals surface area contributed by atoms with Crippen LogP contribution in [0.4, 0.5) is 5.69 Å². The lowest BCUT2D eigenvalue weighted by Gasteiger charge is -2.34. The summed E-state index contributed by atoms with van der Waals surface area (Å²) >= 11 is 1.92. The van der Waals surface area contributed by atoms with Crippen LogP contribution < -0.4 is 4.90 Å². The lowest BCUT2D eigenvalue weighted by molar-refractivity contribution is -0.123. The molecule has 1 aromatic rings. The Morgan fingerprint density at radius 2 is 2.04 bits per heavy atom. The smallest absolute Gasteiger partial charge is 0.244 e. The van der Waals surface area contributed by atoms with Crippen LogP contribution >= 0.6 is 11.8 Å². The Hall–Kier alpha value is -1.04. The molecule has 3 unspecified atom stereocenters. The molecule has 1 aromatic carbocycles. The third kappa shape index (κ3) is 3.35. The maximum Gasteiger partial charge on any atom is 0.244 e. The average Bonchev–Trinajstić information content (AvgIpc) is 3.04. The van der Waals surface area contributed by atoms with E-state index >= 15 is 0 Å². The monoisotopic (exact) mass is 347 g/mol. The zero-order valence-corrected chi connectivity index (χ0v) is 16.1. The van der Waals surface area contributed by atoms with Crippen molar-refractivity contribution in [3.05, 3.63) is 29.8 Å². The van der Waals surface area contributed by atoms with Gasteiger partial charge in [-0.25, -0.2) is 0 Å². The van der Waals surface area contributed by atoms with Crippen LogP contribution in [0.2, 0.25) is 0 Å². The van der Waals surface area contributed by atoms with Crippen molar-refractivity contribution in [3.63, 3.8) is 0 Å². The second-order valence-corrected chi connectivity index (χ2v) is 8.23. The molecule has 1 saturated heterocycles. The number of rotatable bonds is 4. The fourth-order valence-corrected chi connectivity index (χ4v) is 4.96. The molecule has 5 heteroatoms. The highest BCUT2D eigenvalue weighted by atomic mass is 32.2. The maximum atomic E-state index is 13.2. The normalized spacial score (nSPS) is 25.8. The van der Waals surface area contributed by atoms with E-state index in [0.29, 0.717) is 11.3 Å². The summed E-state index contributed by atoms with van der Waals surface area (Å²) in [6.07, 6.45) is 4.32. The highest BCUT2D eigenvalue weighted by molar-refractivity contribution is 7.99. The number of anilines is 1. The number of carbonyl (C=O) groups excluding carboxylic acids is 1. The largest absolute Gasteiger partial charge is 0.311 e. The van der Waals surface area contributed by atoms with Gasteiger partial charge in [-0.05, 0) is 51.7 Å². The van der Waals surface area contributed by atoms with Gasteiger partial charge in [0.1, 0.15) is 0 Å². The molecule has 0 aliphatic carbocycles. The van der Waals surface area contributed by atoms with Crippen molar-refractivity contribution < 1.29 is 4.79 Å². The summed E-state index contributed by atoms with van der Waals surface area (Å²) < 4.78 is 0. The minimum Gasteiger partial charge on any atom is -0.311 e. The number of fused-ring (bicyclic) bond motifs is 1. The van der Waals surface area contributed by atoms with Gasteiger partial charge in [-0.2, -0.15) is 11.8 Å². The molecule has 0 radical (unpaired) electrons. The first kappa shape index (κ1) is 17.8. The minimum atomic E-state index is -0.0595. The second-order valence-electron chi connectivity index (χ2n) is 7.16. The van der Waals surface area contributed by atoms with Crippen molar-refractivity contribution >= 4 is 23.4 Å². The summed E-state index contributed by atoms with van der Waals surface area (Å²) in [6.45, 7) is 4.89. The average molecular weight is 348 g/mol. The molecule has 1 fully saturated rings. The molecular weight excluding hydrogens is 318 g/mol. The summed E-state index contributed by atoms with van der Waals surface area (Å²) in [5.74, 6) is 0.251. The summed E-state index contributed by atoms with van der Waals surface area (Å²) in [4.78, 5) is 19.9. The molecule has 0 saturated carbocycles. The molecule has 0 spiro atoms. The van der Waals surface area contributed by atoms with Crippen LogP contribution in [0.1, 0.15) is 18.9 Å². The van der Waals surface area contributed by atoms with E-state index < -0.39 is 0 Å².